The highest BCUT2D eigenvalue weighted by Crippen LogP contribution is 2.38. The molecule has 2 aromatic carbocycles. The highest BCUT2D eigenvalue weighted by atomic mass is 32.2. The van der Waals surface area contributed by atoms with Gasteiger partial charge in [0, 0.05) is 10.9 Å². The van der Waals surface area contributed by atoms with Crippen LogP contribution in [0.25, 0.3) is 0 Å². The summed E-state index contributed by atoms with van der Waals surface area (Å²) in [4.78, 5) is 28.6. The van der Waals surface area contributed by atoms with Crippen LogP contribution in [0.15, 0.2) is 64.0 Å². The van der Waals surface area contributed by atoms with Crippen molar-refractivity contribution >= 4 is 29.3 Å². The minimum Gasteiger partial charge on any atom is -0.377 e. The molecule has 2 amide bonds. The lowest BCUT2D eigenvalue weighted by Crippen LogP contribution is -2.37. The van der Waals surface area contributed by atoms with Crippen LogP contribution in [0.4, 0.5) is 10.1 Å². The molecular weight excluding hydrogens is 387 g/mol. The molecule has 4 rings (SSSR count). The normalized spacial score (nSPS) is 17.9. The Balaban J connectivity index is 1.69. The number of hydrogen-bond acceptors (Lipinski definition) is 4. The van der Waals surface area contributed by atoms with Crippen molar-refractivity contribution in [2.45, 2.75) is 50.0 Å². The summed E-state index contributed by atoms with van der Waals surface area (Å²) in [6.07, 6.45) is 5.33. The molecule has 1 fully saturated rings. The number of carbonyl (C=O) groups excluding carboxylic acids is 2. The molecule has 4 nitrogen and oxygen atoms in total. The zero-order valence-electron chi connectivity index (χ0n) is 16.3. The third kappa shape index (κ3) is 4.08. The van der Waals surface area contributed by atoms with E-state index in [1.54, 1.807) is 12.1 Å². The van der Waals surface area contributed by atoms with Crippen LogP contribution in [0.1, 0.15) is 37.7 Å². The van der Waals surface area contributed by atoms with Gasteiger partial charge >= 0.3 is 0 Å². The Hall–Kier alpha value is -2.60. The Bertz CT molecular complexity index is 965. The predicted molar refractivity (Wildman–Crippen MR) is 113 cm³/mol. The molecule has 0 saturated heterocycles. The number of halogens is 1. The number of aryl methyl sites for hydroxylation is 1. The number of amides is 2. The molecule has 1 heterocycles. The molecule has 0 spiro atoms. The van der Waals surface area contributed by atoms with Crippen molar-refractivity contribution in [3.63, 3.8) is 0 Å². The van der Waals surface area contributed by atoms with Gasteiger partial charge in [0.25, 0.3) is 11.8 Å². The first-order valence-corrected chi connectivity index (χ1v) is 10.7. The first-order valence-electron chi connectivity index (χ1n) is 9.93. The second kappa shape index (κ2) is 8.41. The summed E-state index contributed by atoms with van der Waals surface area (Å²) in [6, 6.07) is 13.8. The summed E-state index contributed by atoms with van der Waals surface area (Å²) in [6.45, 7) is 1.99. The van der Waals surface area contributed by atoms with Crippen LogP contribution in [0.3, 0.4) is 0 Å². The summed E-state index contributed by atoms with van der Waals surface area (Å²) < 4.78 is 14.4. The Morgan fingerprint density at radius 2 is 1.66 bits per heavy atom. The third-order valence-corrected chi connectivity index (χ3v) is 6.42. The number of hydrogen-bond donors (Lipinski definition) is 1. The maximum atomic E-state index is 14.4. The van der Waals surface area contributed by atoms with Gasteiger partial charge in [-0.25, -0.2) is 9.29 Å². The minimum absolute atomic E-state index is 0.00931. The fourth-order valence-corrected chi connectivity index (χ4v) is 4.69. The third-order valence-electron chi connectivity index (χ3n) is 5.33. The van der Waals surface area contributed by atoms with E-state index in [0.717, 1.165) is 41.0 Å². The molecular formula is C23H23FN2O2S. The maximum absolute atomic E-state index is 14.4. The Kier molecular flexibility index (Phi) is 5.72. The van der Waals surface area contributed by atoms with Gasteiger partial charge in [-0.15, -0.1) is 0 Å². The molecule has 6 heteroatoms. The van der Waals surface area contributed by atoms with Gasteiger partial charge in [0.15, 0.2) is 0 Å². The van der Waals surface area contributed by atoms with Crippen molar-refractivity contribution in [1.82, 2.24) is 5.32 Å². The molecule has 1 N–H and O–H groups in total. The molecule has 0 radical (unpaired) electrons. The van der Waals surface area contributed by atoms with Gasteiger partial charge in [0.05, 0.1) is 5.69 Å². The number of imide groups is 1. The molecule has 2 aliphatic rings. The smallest absolute Gasteiger partial charge is 0.282 e. The summed E-state index contributed by atoms with van der Waals surface area (Å²) >= 11 is 1.26. The number of anilines is 1. The topological polar surface area (TPSA) is 49.4 Å². The molecule has 0 bridgehead atoms. The van der Waals surface area contributed by atoms with E-state index >= 15 is 0 Å². The number of carbonyl (C=O) groups is 2. The fraction of sp³-hybridized carbons (Fsp3) is 0.304. The molecule has 0 unspecified atom stereocenters. The van der Waals surface area contributed by atoms with E-state index in [1.807, 2.05) is 31.2 Å². The van der Waals surface area contributed by atoms with E-state index in [4.69, 9.17) is 0 Å². The number of benzene rings is 2. The lowest BCUT2D eigenvalue weighted by Gasteiger charge is -2.24. The first kappa shape index (κ1) is 19.7. The molecule has 0 aromatic heterocycles. The number of nitrogens with zero attached hydrogens (tertiary/aromatic N) is 1. The Morgan fingerprint density at radius 1 is 0.966 bits per heavy atom. The quantitative estimate of drug-likeness (QED) is 0.710. The van der Waals surface area contributed by atoms with E-state index in [2.05, 4.69) is 5.32 Å². The first-order chi connectivity index (χ1) is 14.0. The van der Waals surface area contributed by atoms with E-state index in [-0.39, 0.29) is 17.4 Å². The largest absolute Gasteiger partial charge is 0.377 e. The zero-order chi connectivity index (χ0) is 20.4. The molecule has 0 atom stereocenters. The monoisotopic (exact) mass is 410 g/mol. The second-order valence-electron chi connectivity index (χ2n) is 7.50. The number of nitrogens with one attached hydrogen (secondary N) is 1. The van der Waals surface area contributed by atoms with Crippen LogP contribution in [0, 0.1) is 12.7 Å². The lowest BCUT2D eigenvalue weighted by atomic mass is 9.95. The molecule has 1 saturated carbocycles. The Labute approximate surface area is 174 Å². The van der Waals surface area contributed by atoms with E-state index in [9.17, 15) is 14.0 Å². The van der Waals surface area contributed by atoms with Crippen molar-refractivity contribution in [1.29, 1.82) is 0 Å². The second-order valence-corrected chi connectivity index (χ2v) is 8.58. The summed E-state index contributed by atoms with van der Waals surface area (Å²) in [5.74, 6) is -1.56. The van der Waals surface area contributed by atoms with E-state index in [0.29, 0.717) is 4.91 Å². The van der Waals surface area contributed by atoms with Gasteiger partial charge in [-0.05, 0) is 44.0 Å². The predicted octanol–water partition coefficient (Wildman–Crippen LogP) is 4.93. The molecule has 150 valence electrons. The Morgan fingerprint density at radius 3 is 2.34 bits per heavy atom. The van der Waals surface area contributed by atoms with Gasteiger partial charge in [-0.3, -0.25) is 9.59 Å². The molecule has 2 aromatic rings. The van der Waals surface area contributed by atoms with Gasteiger partial charge in [0.1, 0.15) is 16.4 Å². The van der Waals surface area contributed by atoms with Crippen LogP contribution in [0.2, 0.25) is 0 Å². The maximum Gasteiger partial charge on any atom is 0.282 e. The lowest BCUT2D eigenvalue weighted by molar-refractivity contribution is -0.120. The van der Waals surface area contributed by atoms with Gasteiger partial charge in [-0.2, -0.15) is 0 Å². The minimum atomic E-state index is -0.590. The van der Waals surface area contributed by atoms with Crippen LogP contribution < -0.4 is 10.2 Å². The summed E-state index contributed by atoms with van der Waals surface area (Å²) in [7, 11) is 0. The van der Waals surface area contributed by atoms with Crippen LogP contribution in [0.5, 0.6) is 0 Å². The SMILES string of the molecule is Cc1ccc(SC2=C(NC3CCCCC3)C(=O)N(c3ccccc3F)C2=O)cc1. The van der Waals surface area contributed by atoms with Crippen LogP contribution in [-0.2, 0) is 9.59 Å². The van der Waals surface area contributed by atoms with Crippen LogP contribution >= 0.6 is 11.8 Å². The van der Waals surface area contributed by atoms with Gasteiger partial charge in [0.2, 0.25) is 0 Å². The standard InChI is InChI=1S/C23H23FN2O2S/c1-15-11-13-17(14-12-15)29-21-20(25-16-7-3-2-4-8-16)22(27)26(23(21)28)19-10-6-5-9-18(19)24/h5-6,9-14,16,25H,2-4,7-8H2,1H3. The highest BCUT2D eigenvalue weighted by molar-refractivity contribution is 8.04. The molecule has 1 aliphatic carbocycles. The van der Waals surface area contributed by atoms with Crippen molar-refractivity contribution in [3.8, 4) is 0 Å². The van der Waals surface area contributed by atoms with Crippen LogP contribution in [-0.4, -0.2) is 17.9 Å². The van der Waals surface area contributed by atoms with E-state index < -0.39 is 17.6 Å². The van der Waals surface area contributed by atoms with Crippen molar-refractivity contribution < 1.29 is 14.0 Å². The van der Waals surface area contributed by atoms with E-state index in [1.165, 1.54) is 30.3 Å². The number of para-hydroxylation sites is 1. The molecule has 29 heavy (non-hydrogen) atoms. The van der Waals surface area contributed by atoms with Crippen molar-refractivity contribution in [2.24, 2.45) is 0 Å². The number of thioether (sulfide) groups is 1. The van der Waals surface area contributed by atoms with Gasteiger partial charge < -0.3 is 5.32 Å². The summed E-state index contributed by atoms with van der Waals surface area (Å²) in [5, 5.41) is 3.32. The summed E-state index contributed by atoms with van der Waals surface area (Å²) in [5.41, 5.74) is 1.39. The average molecular weight is 411 g/mol. The van der Waals surface area contributed by atoms with Crippen molar-refractivity contribution in [3.05, 3.63) is 70.5 Å². The number of rotatable bonds is 5. The zero-order valence-corrected chi connectivity index (χ0v) is 17.1. The fourth-order valence-electron chi connectivity index (χ4n) is 3.76. The molecule has 1 aliphatic heterocycles. The van der Waals surface area contributed by atoms with Gasteiger partial charge in [-0.1, -0.05) is 60.9 Å². The van der Waals surface area contributed by atoms with Crippen molar-refractivity contribution in [2.75, 3.05) is 4.90 Å². The highest BCUT2D eigenvalue weighted by Gasteiger charge is 2.41. The average Bonchev–Trinajstić information content (AvgIpc) is 2.95.